The number of nitrogens with one attached hydrogen (secondary N) is 1. The highest BCUT2D eigenvalue weighted by atomic mass is 32.1. The molecular formula is C13H13F2NOS. The third-order valence-electron chi connectivity index (χ3n) is 2.68. The molecule has 2 rings (SSSR count). The van der Waals surface area contributed by atoms with Crippen LogP contribution in [-0.2, 0) is 0 Å². The normalized spacial score (nSPS) is 12.4. The average Bonchev–Trinajstić information content (AvgIpc) is 2.83. The molecule has 18 heavy (non-hydrogen) atoms. The zero-order chi connectivity index (χ0) is 13.1. The van der Waals surface area contributed by atoms with Crippen LogP contribution >= 0.6 is 11.3 Å². The molecule has 1 aromatic carbocycles. The van der Waals surface area contributed by atoms with E-state index in [9.17, 15) is 8.78 Å². The molecule has 0 saturated heterocycles. The molecule has 0 aliphatic carbocycles. The Kier molecular flexibility index (Phi) is 3.93. The van der Waals surface area contributed by atoms with Gasteiger partial charge in [-0.3, -0.25) is 0 Å². The van der Waals surface area contributed by atoms with E-state index >= 15 is 0 Å². The molecule has 1 unspecified atom stereocenters. The summed E-state index contributed by atoms with van der Waals surface area (Å²) in [5.74, 6) is -0.911. The molecule has 5 heteroatoms. The minimum Gasteiger partial charge on any atom is -0.496 e. The van der Waals surface area contributed by atoms with Gasteiger partial charge in [0.1, 0.15) is 5.75 Å². The number of methoxy groups -OCH3 is 1. The topological polar surface area (TPSA) is 21.3 Å². The van der Waals surface area contributed by atoms with Gasteiger partial charge in [0.25, 0.3) is 0 Å². The fourth-order valence-electron chi connectivity index (χ4n) is 1.76. The summed E-state index contributed by atoms with van der Waals surface area (Å²) in [7, 11) is 3.37. The van der Waals surface area contributed by atoms with Crippen LogP contribution in [0, 0.1) is 11.6 Å². The van der Waals surface area contributed by atoms with Crippen LogP contribution in [0.2, 0.25) is 0 Å². The van der Waals surface area contributed by atoms with Gasteiger partial charge in [0, 0.05) is 10.3 Å². The molecule has 1 atom stereocenters. The summed E-state index contributed by atoms with van der Waals surface area (Å²) in [5, 5.41) is 4.96. The molecule has 96 valence electrons. The van der Waals surface area contributed by atoms with Crippen LogP contribution in [0.15, 0.2) is 29.6 Å². The van der Waals surface area contributed by atoms with E-state index in [1.54, 1.807) is 20.2 Å². The van der Waals surface area contributed by atoms with Gasteiger partial charge < -0.3 is 10.1 Å². The lowest BCUT2D eigenvalue weighted by Crippen LogP contribution is -2.16. The molecule has 0 aliphatic rings. The number of halogens is 2. The van der Waals surface area contributed by atoms with Gasteiger partial charge in [0.05, 0.1) is 13.2 Å². The van der Waals surface area contributed by atoms with Crippen LogP contribution in [0.5, 0.6) is 5.75 Å². The van der Waals surface area contributed by atoms with Crippen molar-refractivity contribution in [3.8, 4) is 5.75 Å². The summed E-state index contributed by atoms with van der Waals surface area (Å²) < 4.78 is 31.3. The van der Waals surface area contributed by atoms with Crippen LogP contribution in [0.3, 0.4) is 0 Å². The first-order valence-electron chi connectivity index (χ1n) is 5.40. The van der Waals surface area contributed by atoms with Crippen molar-refractivity contribution in [1.29, 1.82) is 0 Å². The smallest absolute Gasteiger partial charge is 0.159 e. The molecule has 1 heterocycles. The first-order valence-corrected chi connectivity index (χ1v) is 6.28. The second-order valence-electron chi connectivity index (χ2n) is 3.78. The minimum atomic E-state index is -0.837. The monoisotopic (exact) mass is 269 g/mol. The highest BCUT2D eigenvalue weighted by molar-refractivity contribution is 7.10. The Hall–Kier alpha value is -1.46. The predicted molar refractivity (Wildman–Crippen MR) is 68.1 cm³/mol. The zero-order valence-corrected chi connectivity index (χ0v) is 10.9. The van der Waals surface area contributed by atoms with E-state index in [0.29, 0.717) is 5.56 Å². The van der Waals surface area contributed by atoms with Gasteiger partial charge in [-0.2, -0.15) is 0 Å². The molecule has 2 aromatic rings. The Morgan fingerprint density at radius 1 is 1.22 bits per heavy atom. The van der Waals surface area contributed by atoms with Gasteiger partial charge in [0.2, 0.25) is 0 Å². The lowest BCUT2D eigenvalue weighted by Gasteiger charge is -2.15. The first kappa shape index (κ1) is 13.0. The molecule has 1 N–H and O–H groups in total. The number of thiophene rings is 1. The molecule has 0 bridgehead atoms. The van der Waals surface area contributed by atoms with Crippen molar-refractivity contribution in [3.63, 3.8) is 0 Å². The van der Waals surface area contributed by atoms with Crippen molar-refractivity contribution in [3.05, 3.63) is 51.7 Å². The van der Waals surface area contributed by atoms with Crippen molar-refractivity contribution < 1.29 is 13.5 Å². The van der Waals surface area contributed by atoms with E-state index in [2.05, 4.69) is 5.32 Å². The molecule has 0 spiro atoms. The Balaban J connectivity index is 2.35. The maximum Gasteiger partial charge on any atom is 0.159 e. The molecule has 0 fully saturated rings. The van der Waals surface area contributed by atoms with Crippen LogP contribution in [0.1, 0.15) is 16.5 Å². The third-order valence-corrected chi connectivity index (χ3v) is 3.66. The lowest BCUT2D eigenvalue weighted by atomic mass is 10.1. The van der Waals surface area contributed by atoms with Gasteiger partial charge >= 0.3 is 0 Å². The fourth-order valence-corrected chi connectivity index (χ4v) is 2.75. The molecule has 0 radical (unpaired) electrons. The first-order chi connectivity index (χ1) is 8.65. The second-order valence-corrected chi connectivity index (χ2v) is 4.73. The number of hydrogen-bond donors (Lipinski definition) is 1. The molecule has 0 saturated carbocycles. The summed E-state index contributed by atoms with van der Waals surface area (Å²) in [6, 6.07) is 5.63. The summed E-state index contributed by atoms with van der Waals surface area (Å²) in [4.78, 5) is 0.986. The molecular weight excluding hydrogens is 256 g/mol. The number of rotatable bonds is 4. The third kappa shape index (κ3) is 2.52. The largest absolute Gasteiger partial charge is 0.496 e. The van der Waals surface area contributed by atoms with E-state index < -0.39 is 11.6 Å². The zero-order valence-electron chi connectivity index (χ0n) is 10.0. The van der Waals surface area contributed by atoms with E-state index in [1.807, 2.05) is 11.4 Å². The highest BCUT2D eigenvalue weighted by Gasteiger charge is 2.16. The van der Waals surface area contributed by atoms with E-state index in [4.69, 9.17) is 4.74 Å². The standard InChI is InChI=1S/C13H13F2NOS/c1-16-13(12-6-9(17-2)7-18-12)8-3-4-10(14)11(15)5-8/h3-7,13,16H,1-2H3. The van der Waals surface area contributed by atoms with Crippen LogP contribution in [0.25, 0.3) is 0 Å². The second kappa shape index (κ2) is 5.46. The fraction of sp³-hybridized carbons (Fsp3) is 0.231. The highest BCUT2D eigenvalue weighted by Crippen LogP contribution is 2.31. The van der Waals surface area contributed by atoms with Crippen LogP contribution < -0.4 is 10.1 Å². The van der Waals surface area contributed by atoms with Crippen LogP contribution in [-0.4, -0.2) is 14.2 Å². The Morgan fingerprint density at radius 2 is 2.00 bits per heavy atom. The SMILES string of the molecule is CNC(c1ccc(F)c(F)c1)c1cc(OC)cs1. The Bertz CT molecular complexity index is 542. The Labute approximate surface area is 108 Å². The summed E-state index contributed by atoms with van der Waals surface area (Å²) in [6.07, 6.45) is 0. The summed E-state index contributed by atoms with van der Waals surface area (Å²) >= 11 is 1.51. The van der Waals surface area contributed by atoms with Crippen molar-refractivity contribution in [2.45, 2.75) is 6.04 Å². The van der Waals surface area contributed by atoms with E-state index in [1.165, 1.54) is 17.4 Å². The predicted octanol–water partition coefficient (Wildman–Crippen LogP) is 3.34. The number of benzene rings is 1. The summed E-state index contributed by atoms with van der Waals surface area (Å²) in [6.45, 7) is 0. The molecule has 0 amide bonds. The quantitative estimate of drug-likeness (QED) is 0.919. The number of ether oxygens (including phenoxy) is 1. The number of hydrogen-bond acceptors (Lipinski definition) is 3. The van der Waals surface area contributed by atoms with Gasteiger partial charge in [-0.15, -0.1) is 11.3 Å². The van der Waals surface area contributed by atoms with Gasteiger partial charge in [-0.05, 0) is 30.8 Å². The molecule has 2 nitrogen and oxygen atoms in total. The maximum atomic E-state index is 13.2. The average molecular weight is 269 g/mol. The van der Waals surface area contributed by atoms with Gasteiger partial charge in [-0.1, -0.05) is 6.07 Å². The van der Waals surface area contributed by atoms with Crippen LogP contribution in [0.4, 0.5) is 8.78 Å². The summed E-state index contributed by atoms with van der Waals surface area (Å²) in [5.41, 5.74) is 0.681. The van der Waals surface area contributed by atoms with Crippen molar-refractivity contribution >= 4 is 11.3 Å². The van der Waals surface area contributed by atoms with E-state index in [-0.39, 0.29) is 6.04 Å². The van der Waals surface area contributed by atoms with Gasteiger partial charge in [-0.25, -0.2) is 8.78 Å². The Morgan fingerprint density at radius 3 is 2.56 bits per heavy atom. The van der Waals surface area contributed by atoms with Crippen molar-refractivity contribution in [2.24, 2.45) is 0 Å². The maximum absolute atomic E-state index is 13.2. The van der Waals surface area contributed by atoms with Crippen molar-refractivity contribution in [2.75, 3.05) is 14.2 Å². The lowest BCUT2D eigenvalue weighted by molar-refractivity contribution is 0.416. The van der Waals surface area contributed by atoms with E-state index in [0.717, 1.165) is 16.7 Å². The van der Waals surface area contributed by atoms with Crippen molar-refractivity contribution in [1.82, 2.24) is 5.32 Å². The minimum absolute atomic E-state index is 0.172. The molecule has 1 aromatic heterocycles. The molecule has 0 aliphatic heterocycles. The van der Waals surface area contributed by atoms with Gasteiger partial charge in [0.15, 0.2) is 11.6 Å².